The molecular weight excluding hydrogens is 170 g/mol. The molecular formula is C13H11N. The van der Waals surface area contributed by atoms with E-state index in [0.717, 1.165) is 12.1 Å². The van der Waals surface area contributed by atoms with Crippen molar-refractivity contribution in [2.45, 2.75) is 13.3 Å². The Balaban J connectivity index is 2.12. The van der Waals surface area contributed by atoms with E-state index in [-0.39, 0.29) is 0 Å². The fraction of sp³-hybridized carbons (Fsp3) is 0.154. The standard InChI is InChI=1S/C13H11N/c1-11-7-8-13(14-10-11)9-12-5-3-2-4-6-12/h3,5-8,10H,9H2,1H3. The van der Waals surface area contributed by atoms with E-state index in [9.17, 15) is 0 Å². The predicted molar refractivity (Wildman–Crippen MR) is 56.9 cm³/mol. The molecule has 0 atom stereocenters. The molecule has 68 valence electrons. The maximum atomic E-state index is 4.35. The molecule has 0 saturated carbocycles. The number of hydrogen-bond donors (Lipinski definition) is 0. The normalized spacial score (nSPS) is 13.1. The van der Waals surface area contributed by atoms with Crippen molar-refractivity contribution in [3.8, 4) is 0 Å². The van der Waals surface area contributed by atoms with Gasteiger partial charge in [0.2, 0.25) is 0 Å². The molecule has 1 aliphatic carbocycles. The van der Waals surface area contributed by atoms with Gasteiger partial charge in [-0.25, -0.2) is 0 Å². The molecule has 0 spiro atoms. The van der Waals surface area contributed by atoms with Crippen molar-refractivity contribution in [2.75, 3.05) is 0 Å². The zero-order valence-corrected chi connectivity index (χ0v) is 8.12. The van der Waals surface area contributed by atoms with Crippen LogP contribution in [0.1, 0.15) is 11.3 Å². The highest BCUT2D eigenvalue weighted by Gasteiger charge is 1.97. The lowest BCUT2D eigenvalue weighted by Crippen LogP contribution is -1.92. The Labute approximate surface area is 83.8 Å². The zero-order chi connectivity index (χ0) is 9.80. The molecule has 14 heavy (non-hydrogen) atoms. The summed E-state index contributed by atoms with van der Waals surface area (Å²) in [6.45, 7) is 2.04. The smallest absolute Gasteiger partial charge is 0.0447 e. The van der Waals surface area contributed by atoms with Gasteiger partial charge in [-0.2, -0.15) is 0 Å². The maximum absolute atomic E-state index is 4.35. The molecule has 0 fully saturated rings. The van der Waals surface area contributed by atoms with E-state index in [2.05, 4.69) is 28.6 Å². The Kier molecular flexibility index (Phi) is 2.46. The van der Waals surface area contributed by atoms with E-state index in [4.69, 9.17) is 0 Å². The summed E-state index contributed by atoms with van der Waals surface area (Å²) in [7, 11) is 0. The molecule has 1 aromatic rings. The molecule has 1 nitrogen and oxygen atoms in total. The molecule has 0 saturated heterocycles. The monoisotopic (exact) mass is 181 g/mol. The summed E-state index contributed by atoms with van der Waals surface area (Å²) in [4.78, 5) is 4.35. The van der Waals surface area contributed by atoms with Crippen molar-refractivity contribution in [2.24, 2.45) is 0 Å². The first-order valence-electron chi connectivity index (χ1n) is 4.63. The SMILES string of the molecule is Cc1ccc(CC2=CC=C=C=C2)nc1. The average molecular weight is 181 g/mol. The van der Waals surface area contributed by atoms with Gasteiger partial charge in [-0.05, 0) is 42.4 Å². The molecule has 0 aliphatic heterocycles. The van der Waals surface area contributed by atoms with Crippen LogP contribution in [0.3, 0.4) is 0 Å². The Bertz CT molecular complexity index is 451. The molecule has 1 aromatic heterocycles. The van der Waals surface area contributed by atoms with Crippen LogP contribution in [0.15, 0.2) is 53.6 Å². The second kappa shape index (κ2) is 3.93. The minimum absolute atomic E-state index is 0.867. The van der Waals surface area contributed by atoms with Crippen molar-refractivity contribution in [1.82, 2.24) is 4.98 Å². The fourth-order valence-corrected chi connectivity index (χ4v) is 1.30. The molecule has 0 unspecified atom stereocenters. The van der Waals surface area contributed by atoms with E-state index in [1.165, 1.54) is 11.1 Å². The van der Waals surface area contributed by atoms with Gasteiger partial charge in [-0.15, -0.1) is 0 Å². The summed E-state index contributed by atoms with van der Waals surface area (Å²) < 4.78 is 0. The Morgan fingerprint density at radius 1 is 1.29 bits per heavy atom. The third-order valence-corrected chi connectivity index (χ3v) is 2.08. The molecule has 0 bridgehead atoms. The van der Waals surface area contributed by atoms with Gasteiger partial charge < -0.3 is 0 Å². The highest BCUT2D eigenvalue weighted by atomic mass is 14.7. The van der Waals surface area contributed by atoms with Gasteiger partial charge in [-0.3, -0.25) is 4.98 Å². The van der Waals surface area contributed by atoms with Crippen LogP contribution < -0.4 is 0 Å². The first-order valence-corrected chi connectivity index (χ1v) is 4.63. The van der Waals surface area contributed by atoms with Crippen molar-refractivity contribution < 1.29 is 0 Å². The minimum atomic E-state index is 0.867. The van der Waals surface area contributed by atoms with E-state index < -0.39 is 0 Å². The third-order valence-electron chi connectivity index (χ3n) is 2.08. The largest absolute Gasteiger partial charge is 0.261 e. The minimum Gasteiger partial charge on any atom is -0.261 e. The lowest BCUT2D eigenvalue weighted by molar-refractivity contribution is 1.06. The highest BCUT2D eigenvalue weighted by Crippen LogP contribution is 2.08. The molecule has 1 heterocycles. The van der Waals surface area contributed by atoms with E-state index in [1.54, 1.807) is 0 Å². The van der Waals surface area contributed by atoms with Crippen LogP contribution in [0.25, 0.3) is 0 Å². The third kappa shape index (κ3) is 2.11. The van der Waals surface area contributed by atoms with Crippen LogP contribution in [0.5, 0.6) is 0 Å². The number of nitrogens with zero attached hydrogens (tertiary/aromatic N) is 1. The van der Waals surface area contributed by atoms with Crippen molar-refractivity contribution in [1.29, 1.82) is 0 Å². The summed E-state index contributed by atoms with van der Waals surface area (Å²) in [6, 6.07) is 4.15. The van der Waals surface area contributed by atoms with Crippen LogP contribution in [0, 0.1) is 6.92 Å². The van der Waals surface area contributed by atoms with Gasteiger partial charge >= 0.3 is 0 Å². The van der Waals surface area contributed by atoms with Crippen LogP contribution in [-0.4, -0.2) is 4.98 Å². The molecule has 0 radical (unpaired) electrons. The summed E-state index contributed by atoms with van der Waals surface area (Å²) in [6.07, 6.45) is 8.63. The van der Waals surface area contributed by atoms with Crippen LogP contribution in [0.2, 0.25) is 0 Å². The van der Waals surface area contributed by atoms with Gasteiger partial charge in [-0.1, -0.05) is 17.5 Å². The molecule has 0 aromatic carbocycles. The number of pyridine rings is 1. The van der Waals surface area contributed by atoms with Gasteiger partial charge in [0.15, 0.2) is 0 Å². The number of hydrogen-bond acceptors (Lipinski definition) is 1. The van der Waals surface area contributed by atoms with Crippen molar-refractivity contribution >= 4 is 0 Å². The van der Waals surface area contributed by atoms with Gasteiger partial charge in [0.05, 0.1) is 0 Å². The number of aromatic nitrogens is 1. The predicted octanol–water partition coefficient (Wildman–Crippen LogP) is 2.74. The second-order valence-electron chi connectivity index (χ2n) is 3.34. The lowest BCUT2D eigenvalue weighted by atomic mass is 10.1. The number of aryl methyl sites for hydroxylation is 1. The molecule has 0 amide bonds. The van der Waals surface area contributed by atoms with Crippen molar-refractivity contribution in [3.05, 3.63) is 64.9 Å². The molecule has 2 rings (SSSR count). The highest BCUT2D eigenvalue weighted by molar-refractivity contribution is 5.31. The second-order valence-corrected chi connectivity index (χ2v) is 3.34. The molecule has 1 aliphatic rings. The topological polar surface area (TPSA) is 12.9 Å². The van der Waals surface area contributed by atoms with E-state index >= 15 is 0 Å². The van der Waals surface area contributed by atoms with Gasteiger partial charge in [0.1, 0.15) is 0 Å². The number of rotatable bonds is 2. The first kappa shape index (κ1) is 8.77. The fourth-order valence-electron chi connectivity index (χ4n) is 1.30. The molecule has 0 N–H and O–H groups in total. The van der Waals surface area contributed by atoms with E-state index in [0.29, 0.717) is 0 Å². The lowest BCUT2D eigenvalue weighted by Gasteiger charge is -2.01. The van der Waals surface area contributed by atoms with Gasteiger partial charge in [0.25, 0.3) is 0 Å². The summed E-state index contributed by atoms with van der Waals surface area (Å²) >= 11 is 0. The summed E-state index contributed by atoms with van der Waals surface area (Å²) in [5, 5.41) is 0. The quantitative estimate of drug-likeness (QED) is 0.639. The molecule has 1 heteroatoms. The average Bonchev–Trinajstić information content (AvgIpc) is 2.23. The summed E-state index contributed by atoms with van der Waals surface area (Å²) in [5.74, 6) is 0. The Morgan fingerprint density at radius 2 is 2.21 bits per heavy atom. The van der Waals surface area contributed by atoms with Crippen LogP contribution in [-0.2, 0) is 6.42 Å². The first-order chi connectivity index (χ1) is 6.84. The van der Waals surface area contributed by atoms with Crippen molar-refractivity contribution in [3.63, 3.8) is 0 Å². The zero-order valence-electron chi connectivity index (χ0n) is 8.12. The Hall–Kier alpha value is -1.81. The van der Waals surface area contributed by atoms with E-state index in [1.807, 2.05) is 31.3 Å². The van der Waals surface area contributed by atoms with Crippen LogP contribution >= 0.6 is 0 Å². The maximum Gasteiger partial charge on any atom is 0.0447 e. The van der Waals surface area contributed by atoms with Gasteiger partial charge in [0, 0.05) is 18.3 Å². The Morgan fingerprint density at radius 3 is 2.86 bits per heavy atom. The summed E-state index contributed by atoms with van der Waals surface area (Å²) in [5.41, 5.74) is 9.33. The number of allylic oxidation sites excluding steroid dienone is 4. The van der Waals surface area contributed by atoms with Crippen LogP contribution in [0.4, 0.5) is 0 Å².